The Morgan fingerprint density at radius 3 is 2.61 bits per heavy atom. The summed E-state index contributed by atoms with van der Waals surface area (Å²) in [6.45, 7) is 3.78. The van der Waals surface area contributed by atoms with Gasteiger partial charge in [-0.1, -0.05) is 29.8 Å². The van der Waals surface area contributed by atoms with Gasteiger partial charge in [0, 0.05) is 17.0 Å². The molecule has 0 radical (unpaired) electrons. The van der Waals surface area contributed by atoms with E-state index in [4.69, 9.17) is 4.74 Å². The highest BCUT2D eigenvalue weighted by Gasteiger charge is 2.33. The molecule has 1 aromatic carbocycles. The van der Waals surface area contributed by atoms with Crippen LogP contribution in [0, 0.1) is 6.92 Å². The minimum Gasteiger partial charge on any atom is -0.465 e. The number of rotatable bonds is 6. The summed E-state index contributed by atoms with van der Waals surface area (Å²) in [4.78, 5) is 16.6. The summed E-state index contributed by atoms with van der Waals surface area (Å²) in [5.41, 5.74) is 3.09. The third-order valence-corrected chi connectivity index (χ3v) is 4.89. The van der Waals surface area contributed by atoms with Crippen molar-refractivity contribution in [1.29, 1.82) is 0 Å². The Hall–Kier alpha value is -2.83. The molecule has 2 heterocycles. The van der Waals surface area contributed by atoms with Crippen molar-refractivity contribution in [3.8, 4) is 11.3 Å². The fourth-order valence-corrected chi connectivity index (χ4v) is 3.35. The summed E-state index contributed by atoms with van der Waals surface area (Å²) in [5, 5.41) is 4.86. The van der Waals surface area contributed by atoms with E-state index in [-0.39, 0.29) is 24.6 Å². The fourth-order valence-electron chi connectivity index (χ4n) is 3.35. The summed E-state index contributed by atoms with van der Waals surface area (Å²) < 4.78 is 34.3. The number of nitrogens with zero attached hydrogens (tertiary/aromatic N) is 3. The minimum atomic E-state index is -2.66. The molecule has 0 amide bonds. The van der Waals surface area contributed by atoms with Gasteiger partial charge in [0.15, 0.2) is 5.65 Å². The Bertz CT molecular complexity index is 1020. The van der Waals surface area contributed by atoms with Gasteiger partial charge in [-0.2, -0.15) is 5.10 Å². The molecule has 1 fully saturated rings. The summed E-state index contributed by atoms with van der Waals surface area (Å²) >= 11 is 0. The summed E-state index contributed by atoms with van der Waals surface area (Å²) in [5.74, 6) is -0.314. The topological polar surface area (TPSA) is 57.0 Å². The number of carbonyl (C=O) groups excluding carboxylic acids is 1. The van der Waals surface area contributed by atoms with Gasteiger partial charge in [0.2, 0.25) is 0 Å². The molecule has 3 aromatic rings. The van der Waals surface area contributed by atoms with E-state index in [1.165, 1.54) is 10.7 Å². The number of aromatic nitrogens is 3. The number of hydrogen-bond acceptors (Lipinski definition) is 4. The van der Waals surface area contributed by atoms with Crippen LogP contribution in [-0.2, 0) is 16.1 Å². The quantitative estimate of drug-likeness (QED) is 0.573. The number of pyridine rings is 1. The Kier molecular flexibility index (Phi) is 4.83. The number of alkyl halides is 2. The zero-order chi connectivity index (χ0) is 19.8. The third kappa shape index (κ3) is 3.48. The van der Waals surface area contributed by atoms with Crippen LogP contribution in [0.3, 0.4) is 0 Å². The monoisotopic (exact) mass is 385 g/mol. The molecular formula is C21H21F2N3O2. The lowest BCUT2D eigenvalue weighted by atomic mass is 10.0. The molecule has 0 saturated heterocycles. The first-order chi connectivity index (χ1) is 13.5. The number of fused-ring (bicyclic) bond motifs is 1. The number of esters is 1. The Morgan fingerprint density at radius 1 is 1.29 bits per heavy atom. The standard InChI is InChI=1S/C21H21F2N3O2/c1-3-28-17(27)11-26-21-18(19(25-26)14-8-9-14)15(20(22)23)10-16(24-21)13-6-4-12(2)5-7-13/h4-7,10,14,20H,3,8-9,11H2,1-2H3. The van der Waals surface area contributed by atoms with Crippen LogP contribution in [0.1, 0.15) is 48.9 Å². The molecule has 0 N–H and O–H groups in total. The highest BCUT2D eigenvalue weighted by Crippen LogP contribution is 2.45. The normalized spacial score (nSPS) is 14.0. The van der Waals surface area contributed by atoms with Crippen molar-refractivity contribution in [2.24, 2.45) is 0 Å². The predicted octanol–water partition coefficient (Wildman–Crippen LogP) is 4.78. The van der Waals surface area contributed by atoms with Crippen LogP contribution in [0.5, 0.6) is 0 Å². The lowest BCUT2D eigenvalue weighted by Gasteiger charge is -2.09. The largest absolute Gasteiger partial charge is 0.465 e. The molecule has 28 heavy (non-hydrogen) atoms. The number of hydrogen-bond donors (Lipinski definition) is 0. The lowest BCUT2D eigenvalue weighted by Crippen LogP contribution is -2.15. The fraction of sp³-hybridized carbons (Fsp3) is 0.381. The first kappa shape index (κ1) is 18.5. The smallest absolute Gasteiger partial charge is 0.327 e. The van der Waals surface area contributed by atoms with Gasteiger partial charge in [0.1, 0.15) is 6.54 Å². The van der Waals surface area contributed by atoms with Crippen LogP contribution in [-0.4, -0.2) is 27.3 Å². The number of aryl methyl sites for hydroxylation is 1. The molecule has 0 spiro atoms. The average Bonchev–Trinajstić information content (AvgIpc) is 3.45. The molecule has 1 aliphatic carbocycles. The van der Waals surface area contributed by atoms with Crippen molar-refractivity contribution < 1.29 is 18.3 Å². The van der Waals surface area contributed by atoms with Gasteiger partial charge in [-0.25, -0.2) is 18.4 Å². The third-order valence-electron chi connectivity index (χ3n) is 4.89. The molecule has 4 rings (SSSR count). The zero-order valence-corrected chi connectivity index (χ0v) is 15.8. The molecule has 146 valence electrons. The van der Waals surface area contributed by atoms with Crippen molar-refractivity contribution in [2.45, 2.75) is 45.6 Å². The van der Waals surface area contributed by atoms with Gasteiger partial charge >= 0.3 is 5.97 Å². The number of carbonyl (C=O) groups is 1. The second-order valence-electron chi connectivity index (χ2n) is 7.08. The summed E-state index contributed by atoms with van der Waals surface area (Å²) in [7, 11) is 0. The molecule has 1 aliphatic rings. The van der Waals surface area contributed by atoms with E-state index in [0.717, 1.165) is 24.0 Å². The number of halogens is 2. The molecule has 2 aromatic heterocycles. The van der Waals surface area contributed by atoms with E-state index in [1.54, 1.807) is 6.92 Å². The molecule has 0 atom stereocenters. The van der Waals surface area contributed by atoms with Crippen molar-refractivity contribution >= 4 is 17.0 Å². The van der Waals surface area contributed by atoms with Crippen LogP contribution in [0.2, 0.25) is 0 Å². The van der Waals surface area contributed by atoms with Crippen molar-refractivity contribution in [3.63, 3.8) is 0 Å². The first-order valence-electron chi connectivity index (χ1n) is 9.40. The highest BCUT2D eigenvalue weighted by molar-refractivity contribution is 5.87. The zero-order valence-electron chi connectivity index (χ0n) is 15.8. The van der Waals surface area contributed by atoms with Gasteiger partial charge in [0.25, 0.3) is 6.43 Å². The van der Waals surface area contributed by atoms with E-state index >= 15 is 0 Å². The van der Waals surface area contributed by atoms with Gasteiger partial charge in [-0.15, -0.1) is 0 Å². The minimum absolute atomic E-state index is 0.0856. The molecule has 7 heteroatoms. The first-order valence-corrected chi connectivity index (χ1v) is 9.40. The van der Waals surface area contributed by atoms with Crippen LogP contribution in [0.4, 0.5) is 8.78 Å². The van der Waals surface area contributed by atoms with Crippen molar-refractivity contribution in [1.82, 2.24) is 14.8 Å². The van der Waals surface area contributed by atoms with Crippen LogP contribution < -0.4 is 0 Å². The molecule has 0 unspecified atom stereocenters. The number of benzene rings is 1. The summed E-state index contributed by atoms with van der Waals surface area (Å²) in [6.07, 6.45) is -0.839. The van der Waals surface area contributed by atoms with E-state index in [2.05, 4.69) is 10.1 Å². The molecule has 5 nitrogen and oxygen atoms in total. The Balaban J connectivity index is 1.91. The van der Waals surface area contributed by atoms with E-state index in [1.807, 2.05) is 31.2 Å². The van der Waals surface area contributed by atoms with Crippen molar-refractivity contribution in [2.75, 3.05) is 6.61 Å². The lowest BCUT2D eigenvalue weighted by molar-refractivity contribution is -0.143. The van der Waals surface area contributed by atoms with Gasteiger partial charge < -0.3 is 4.74 Å². The predicted molar refractivity (Wildman–Crippen MR) is 101 cm³/mol. The molecule has 0 aliphatic heterocycles. The maximum Gasteiger partial charge on any atom is 0.327 e. The van der Waals surface area contributed by atoms with Crippen LogP contribution in [0.25, 0.3) is 22.3 Å². The van der Waals surface area contributed by atoms with E-state index in [0.29, 0.717) is 22.4 Å². The van der Waals surface area contributed by atoms with Crippen LogP contribution >= 0.6 is 0 Å². The Labute approximate surface area is 161 Å². The maximum atomic E-state index is 14.0. The molecule has 1 saturated carbocycles. The van der Waals surface area contributed by atoms with Crippen molar-refractivity contribution in [3.05, 3.63) is 47.2 Å². The maximum absolute atomic E-state index is 14.0. The molecular weight excluding hydrogens is 364 g/mol. The SMILES string of the molecule is CCOC(=O)Cn1nc(C2CC2)c2c(C(F)F)cc(-c3ccc(C)cc3)nc21. The van der Waals surface area contributed by atoms with Gasteiger partial charge in [0.05, 0.1) is 23.4 Å². The summed E-state index contributed by atoms with van der Waals surface area (Å²) in [6, 6.07) is 8.97. The second kappa shape index (κ2) is 7.30. The molecule has 0 bridgehead atoms. The van der Waals surface area contributed by atoms with Gasteiger partial charge in [-0.3, -0.25) is 4.79 Å². The van der Waals surface area contributed by atoms with E-state index in [9.17, 15) is 13.6 Å². The second-order valence-corrected chi connectivity index (χ2v) is 7.08. The van der Waals surface area contributed by atoms with Gasteiger partial charge in [-0.05, 0) is 32.8 Å². The highest BCUT2D eigenvalue weighted by atomic mass is 19.3. The van der Waals surface area contributed by atoms with E-state index < -0.39 is 12.4 Å². The number of ether oxygens (including phenoxy) is 1. The average molecular weight is 385 g/mol. The Morgan fingerprint density at radius 2 is 2.00 bits per heavy atom. The van der Waals surface area contributed by atoms with Crippen LogP contribution in [0.15, 0.2) is 30.3 Å².